The predicted octanol–water partition coefficient (Wildman–Crippen LogP) is 2.68. The fourth-order valence-corrected chi connectivity index (χ4v) is 2.25. The minimum atomic E-state index is 0.0350. The average molecular weight is 257 g/mol. The van der Waals surface area contributed by atoms with Gasteiger partial charge in [0.05, 0.1) is 0 Å². The number of benzene rings is 2. The third kappa shape index (κ3) is 2.93. The quantitative estimate of drug-likeness (QED) is 0.894. The number of amides is 1. The van der Waals surface area contributed by atoms with Crippen molar-refractivity contribution in [2.75, 3.05) is 19.7 Å². The SMILES string of the molecule is CCN(CCCO)C(=O)c1cccc2ccccc12. The molecular formula is C16H19NO2. The molecule has 0 aliphatic carbocycles. The molecule has 3 nitrogen and oxygen atoms in total. The number of hydrogen-bond acceptors (Lipinski definition) is 2. The van der Waals surface area contributed by atoms with Crippen molar-refractivity contribution in [2.45, 2.75) is 13.3 Å². The molecule has 0 heterocycles. The lowest BCUT2D eigenvalue weighted by atomic mass is 10.0. The smallest absolute Gasteiger partial charge is 0.254 e. The zero-order valence-corrected chi connectivity index (χ0v) is 11.2. The van der Waals surface area contributed by atoms with Crippen LogP contribution in [0, 0.1) is 0 Å². The fraction of sp³-hybridized carbons (Fsp3) is 0.312. The molecule has 0 unspecified atom stereocenters. The Kier molecular flexibility index (Phi) is 4.53. The van der Waals surface area contributed by atoms with Gasteiger partial charge in [-0.3, -0.25) is 4.79 Å². The molecule has 19 heavy (non-hydrogen) atoms. The van der Waals surface area contributed by atoms with Gasteiger partial charge in [0.25, 0.3) is 5.91 Å². The van der Waals surface area contributed by atoms with Crippen molar-refractivity contribution in [3.63, 3.8) is 0 Å². The molecule has 1 N–H and O–H groups in total. The Morgan fingerprint density at radius 1 is 1.16 bits per heavy atom. The monoisotopic (exact) mass is 257 g/mol. The van der Waals surface area contributed by atoms with E-state index in [2.05, 4.69) is 0 Å². The third-order valence-corrected chi connectivity index (χ3v) is 3.28. The van der Waals surface area contributed by atoms with Gasteiger partial charge in [0.1, 0.15) is 0 Å². The summed E-state index contributed by atoms with van der Waals surface area (Å²) < 4.78 is 0. The maximum Gasteiger partial charge on any atom is 0.254 e. The third-order valence-electron chi connectivity index (χ3n) is 3.28. The number of aliphatic hydroxyl groups excluding tert-OH is 1. The van der Waals surface area contributed by atoms with E-state index in [4.69, 9.17) is 5.11 Å². The van der Waals surface area contributed by atoms with Crippen molar-refractivity contribution in [2.24, 2.45) is 0 Å². The molecule has 0 spiro atoms. The van der Waals surface area contributed by atoms with Crippen molar-refractivity contribution in [1.29, 1.82) is 0 Å². The van der Waals surface area contributed by atoms with Gasteiger partial charge in [0.2, 0.25) is 0 Å². The Hall–Kier alpha value is -1.87. The molecule has 2 rings (SSSR count). The highest BCUT2D eigenvalue weighted by Gasteiger charge is 2.15. The first-order valence-electron chi connectivity index (χ1n) is 6.65. The zero-order valence-electron chi connectivity index (χ0n) is 11.2. The number of hydrogen-bond donors (Lipinski definition) is 1. The van der Waals surface area contributed by atoms with E-state index in [0.29, 0.717) is 19.5 Å². The molecule has 0 saturated heterocycles. The minimum Gasteiger partial charge on any atom is -0.396 e. The molecule has 0 aromatic heterocycles. The van der Waals surface area contributed by atoms with Gasteiger partial charge in [-0.1, -0.05) is 36.4 Å². The van der Waals surface area contributed by atoms with Crippen LogP contribution < -0.4 is 0 Å². The highest BCUT2D eigenvalue weighted by Crippen LogP contribution is 2.20. The Bertz CT molecular complexity index is 560. The molecule has 100 valence electrons. The molecule has 0 atom stereocenters. The molecule has 0 aliphatic heterocycles. The highest BCUT2D eigenvalue weighted by atomic mass is 16.3. The van der Waals surface area contributed by atoms with Crippen molar-refractivity contribution >= 4 is 16.7 Å². The van der Waals surface area contributed by atoms with Gasteiger partial charge in [0, 0.05) is 25.3 Å². The largest absolute Gasteiger partial charge is 0.396 e. The van der Waals surface area contributed by atoms with Gasteiger partial charge in [0.15, 0.2) is 0 Å². The van der Waals surface area contributed by atoms with Gasteiger partial charge in [-0.2, -0.15) is 0 Å². The second-order valence-electron chi connectivity index (χ2n) is 4.49. The van der Waals surface area contributed by atoms with E-state index in [1.165, 1.54) is 0 Å². The molecule has 0 aliphatic rings. The van der Waals surface area contributed by atoms with E-state index in [0.717, 1.165) is 16.3 Å². The lowest BCUT2D eigenvalue weighted by molar-refractivity contribution is 0.0756. The number of aliphatic hydroxyl groups is 1. The summed E-state index contributed by atoms with van der Waals surface area (Å²) in [5.74, 6) is 0.0350. The Balaban J connectivity index is 2.35. The van der Waals surface area contributed by atoms with E-state index in [-0.39, 0.29) is 12.5 Å². The van der Waals surface area contributed by atoms with Crippen LogP contribution in [0.1, 0.15) is 23.7 Å². The lowest BCUT2D eigenvalue weighted by Gasteiger charge is -2.21. The molecule has 1 amide bonds. The van der Waals surface area contributed by atoms with Crippen molar-refractivity contribution in [3.8, 4) is 0 Å². The summed E-state index contributed by atoms with van der Waals surface area (Å²) in [6.45, 7) is 3.32. The van der Waals surface area contributed by atoms with Crippen LogP contribution in [0.25, 0.3) is 10.8 Å². The van der Waals surface area contributed by atoms with Crippen LogP contribution in [-0.4, -0.2) is 35.6 Å². The first kappa shape index (κ1) is 13.6. The normalized spacial score (nSPS) is 10.6. The molecule has 0 radical (unpaired) electrons. The van der Waals surface area contributed by atoms with Gasteiger partial charge in [-0.05, 0) is 30.2 Å². The summed E-state index contributed by atoms with van der Waals surface area (Å²) in [7, 11) is 0. The van der Waals surface area contributed by atoms with E-state index in [1.54, 1.807) is 4.90 Å². The molecular weight excluding hydrogens is 238 g/mol. The maximum absolute atomic E-state index is 12.5. The lowest BCUT2D eigenvalue weighted by Crippen LogP contribution is -2.32. The second-order valence-corrected chi connectivity index (χ2v) is 4.49. The summed E-state index contributed by atoms with van der Waals surface area (Å²) in [5.41, 5.74) is 0.734. The second kappa shape index (κ2) is 6.34. The van der Waals surface area contributed by atoms with Crippen LogP contribution in [0.2, 0.25) is 0 Å². The van der Waals surface area contributed by atoms with Crippen molar-refractivity contribution in [3.05, 3.63) is 48.0 Å². The molecule has 0 fully saturated rings. The Labute approximate surface area is 113 Å². The van der Waals surface area contributed by atoms with Gasteiger partial charge < -0.3 is 10.0 Å². The number of carbonyl (C=O) groups is 1. The maximum atomic E-state index is 12.5. The first-order chi connectivity index (χ1) is 9.27. The summed E-state index contributed by atoms with van der Waals surface area (Å²) in [5, 5.41) is 11.0. The van der Waals surface area contributed by atoms with Crippen LogP contribution in [-0.2, 0) is 0 Å². The standard InChI is InChI=1S/C16H19NO2/c1-2-17(11-6-12-18)16(19)15-10-5-8-13-7-3-4-9-14(13)15/h3-5,7-10,18H,2,6,11-12H2,1H3. The molecule has 2 aromatic carbocycles. The van der Waals surface area contributed by atoms with Crippen LogP contribution >= 0.6 is 0 Å². The number of fused-ring (bicyclic) bond motifs is 1. The van der Waals surface area contributed by atoms with Crippen LogP contribution in [0.4, 0.5) is 0 Å². The van der Waals surface area contributed by atoms with E-state index in [1.807, 2.05) is 49.4 Å². The topological polar surface area (TPSA) is 40.5 Å². The highest BCUT2D eigenvalue weighted by molar-refractivity contribution is 6.06. The minimum absolute atomic E-state index is 0.0350. The van der Waals surface area contributed by atoms with E-state index >= 15 is 0 Å². The van der Waals surface area contributed by atoms with E-state index < -0.39 is 0 Å². The average Bonchev–Trinajstić information content (AvgIpc) is 2.47. The fourth-order valence-electron chi connectivity index (χ4n) is 2.25. The summed E-state index contributed by atoms with van der Waals surface area (Å²) in [4.78, 5) is 14.3. The van der Waals surface area contributed by atoms with Crippen LogP contribution in [0.3, 0.4) is 0 Å². The van der Waals surface area contributed by atoms with Gasteiger partial charge in [-0.25, -0.2) is 0 Å². The molecule has 0 saturated carbocycles. The summed E-state index contributed by atoms with van der Waals surface area (Å²) >= 11 is 0. The van der Waals surface area contributed by atoms with Crippen LogP contribution in [0.5, 0.6) is 0 Å². The number of rotatable bonds is 5. The summed E-state index contributed by atoms with van der Waals surface area (Å²) in [6.07, 6.45) is 0.615. The Morgan fingerprint density at radius 2 is 1.89 bits per heavy atom. The molecule has 0 bridgehead atoms. The predicted molar refractivity (Wildman–Crippen MR) is 77.2 cm³/mol. The van der Waals surface area contributed by atoms with Crippen molar-refractivity contribution in [1.82, 2.24) is 4.90 Å². The van der Waals surface area contributed by atoms with E-state index in [9.17, 15) is 4.79 Å². The summed E-state index contributed by atoms with van der Waals surface area (Å²) in [6, 6.07) is 13.7. The zero-order chi connectivity index (χ0) is 13.7. The molecule has 2 aromatic rings. The van der Waals surface area contributed by atoms with Crippen LogP contribution in [0.15, 0.2) is 42.5 Å². The van der Waals surface area contributed by atoms with Gasteiger partial charge in [-0.15, -0.1) is 0 Å². The first-order valence-corrected chi connectivity index (χ1v) is 6.65. The number of carbonyl (C=O) groups excluding carboxylic acids is 1. The van der Waals surface area contributed by atoms with Crippen molar-refractivity contribution < 1.29 is 9.90 Å². The number of nitrogens with zero attached hydrogens (tertiary/aromatic N) is 1. The Morgan fingerprint density at radius 3 is 2.63 bits per heavy atom. The molecule has 3 heteroatoms. The van der Waals surface area contributed by atoms with Gasteiger partial charge >= 0.3 is 0 Å².